The molecule has 1 atom stereocenters. The van der Waals surface area contributed by atoms with Gasteiger partial charge in [-0.25, -0.2) is 0 Å². The number of hydrogen-bond donors (Lipinski definition) is 1. The average Bonchev–Trinajstić information content (AvgIpc) is 3.27. The molecule has 3 rings (SSSR count). The normalized spacial score (nSPS) is 12.0. The molecular weight excluding hydrogens is 382 g/mol. The monoisotopic (exact) mass is 401 g/mol. The third-order valence-electron chi connectivity index (χ3n) is 4.14. The Labute approximate surface area is 165 Å². The van der Waals surface area contributed by atoms with Gasteiger partial charge in [0.1, 0.15) is 11.4 Å². The van der Waals surface area contributed by atoms with Gasteiger partial charge in [-0.3, -0.25) is 14.9 Å². The van der Waals surface area contributed by atoms with Gasteiger partial charge in [-0.2, -0.15) is 0 Å². The van der Waals surface area contributed by atoms with Gasteiger partial charge in [-0.05, 0) is 32.9 Å². The van der Waals surface area contributed by atoms with Crippen molar-refractivity contribution in [2.24, 2.45) is 0 Å². The van der Waals surface area contributed by atoms with Gasteiger partial charge in [0, 0.05) is 12.6 Å². The molecule has 1 N–H and O–H groups in total. The maximum absolute atomic E-state index is 12.6. The van der Waals surface area contributed by atoms with Gasteiger partial charge >= 0.3 is 0 Å². The molecule has 146 valence electrons. The van der Waals surface area contributed by atoms with E-state index in [-0.39, 0.29) is 17.3 Å². The Morgan fingerprint density at radius 3 is 2.75 bits per heavy atom. The van der Waals surface area contributed by atoms with Gasteiger partial charge in [-0.1, -0.05) is 23.9 Å². The van der Waals surface area contributed by atoms with Crippen molar-refractivity contribution >= 4 is 29.0 Å². The Balaban J connectivity index is 1.77. The number of para-hydroxylation sites is 2. The minimum Gasteiger partial charge on any atom is -0.469 e. The summed E-state index contributed by atoms with van der Waals surface area (Å²) in [5.41, 5.74) is 0.859. The molecule has 0 bridgehead atoms. The Bertz CT molecular complexity index is 1010. The number of nitrogens with zero attached hydrogens (tertiary/aromatic N) is 4. The maximum Gasteiger partial charge on any atom is 0.292 e. The molecule has 0 aliphatic heterocycles. The van der Waals surface area contributed by atoms with Crippen LogP contribution in [0.15, 0.2) is 46.2 Å². The standard InChI is InChI=1S/C18H19N5O4S/c1-4-22-16(13-9-10-27-11(13)2)20-21-18(22)28-12(3)17(24)19-14-7-5-6-8-15(14)23(25)26/h5-10,12H,4H2,1-3H3,(H,19,24)/t12-/m1/s1. The number of aryl methyl sites for hydroxylation is 1. The van der Waals surface area contributed by atoms with Crippen LogP contribution in [0.1, 0.15) is 19.6 Å². The minimum atomic E-state index is -0.535. The third kappa shape index (κ3) is 3.91. The quantitative estimate of drug-likeness (QED) is 0.362. The molecule has 1 amide bonds. The highest BCUT2D eigenvalue weighted by atomic mass is 32.2. The van der Waals surface area contributed by atoms with Crippen molar-refractivity contribution in [1.29, 1.82) is 0 Å². The van der Waals surface area contributed by atoms with Crippen molar-refractivity contribution in [2.75, 3.05) is 5.32 Å². The van der Waals surface area contributed by atoms with E-state index >= 15 is 0 Å². The molecule has 0 unspecified atom stereocenters. The third-order valence-corrected chi connectivity index (χ3v) is 5.22. The number of benzene rings is 1. The molecule has 1 aromatic carbocycles. The van der Waals surface area contributed by atoms with Gasteiger partial charge in [0.15, 0.2) is 11.0 Å². The summed E-state index contributed by atoms with van der Waals surface area (Å²) >= 11 is 1.24. The molecule has 0 spiro atoms. The molecule has 0 saturated heterocycles. The van der Waals surface area contributed by atoms with Crippen LogP contribution in [0, 0.1) is 17.0 Å². The molecule has 0 fully saturated rings. The smallest absolute Gasteiger partial charge is 0.292 e. The lowest BCUT2D eigenvalue weighted by atomic mass is 10.2. The highest BCUT2D eigenvalue weighted by Crippen LogP contribution is 2.30. The second kappa shape index (κ2) is 8.26. The fourth-order valence-electron chi connectivity index (χ4n) is 2.66. The molecule has 2 heterocycles. The summed E-state index contributed by atoms with van der Waals surface area (Å²) in [5, 5.41) is 22.2. The van der Waals surface area contributed by atoms with Crippen LogP contribution >= 0.6 is 11.8 Å². The first-order chi connectivity index (χ1) is 13.4. The van der Waals surface area contributed by atoms with Crippen molar-refractivity contribution in [2.45, 2.75) is 37.7 Å². The van der Waals surface area contributed by atoms with E-state index in [0.29, 0.717) is 17.5 Å². The van der Waals surface area contributed by atoms with Crippen LogP contribution in [-0.4, -0.2) is 30.8 Å². The number of rotatable bonds is 7. The lowest BCUT2D eigenvalue weighted by molar-refractivity contribution is -0.383. The van der Waals surface area contributed by atoms with E-state index in [1.165, 1.54) is 23.9 Å². The number of nitro groups is 1. The first-order valence-electron chi connectivity index (χ1n) is 8.61. The molecule has 0 aliphatic rings. The number of nitrogens with one attached hydrogen (secondary N) is 1. The van der Waals surface area contributed by atoms with Crippen LogP contribution in [0.5, 0.6) is 0 Å². The van der Waals surface area contributed by atoms with Crippen molar-refractivity contribution in [3.63, 3.8) is 0 Å². The number of anilines is 1. The van der Waals surface area contributed by atoms with E-state index in [2.05, 4.69) is 15.5 Å². The predicted octanol–water partition coefficient (Wildman–Crippen LogP) is 3.89. The molecular formula is C18H19N5O4S. The molecule has 28 heavy (non-hydrogen) atoms. The van der Waals surface area contributed by atoms with Gasteiger partial charge in [0.05, 0.1) is 22.0 Å². The number of carbonyl (C=O) groups is 1. The minimum absolute atomic E-state index is 0.150. The van der Waals surface area contributed by atoms with Crippen LogP contribution in [-0.2, 0) is 11.3 Å². The average molecular weight is 401 g/mol. The summed E-state index contributed by atoms with van der Waals surface area (Å²) < 4.78 is 7.24. The number of amides is 1. The molecule has 9 nitrogen and oxygen atoms in total. The number of furan rings is 1. The van der Waals surface area contributed by atoms with Crippen LogP contribution < -0.4 is 5.32 Å². The van der Waals surface area contributed by atoms with E-state index in [9.17, 15) is 14.9 Å². The zero-order valence-corrected chi connectivity index (χ0v) is 16.4. The Morgan fingerprint density at radius 1 is 1.36 bits per heavy atom. The van der Waals surface area contributed by atoms with E-state index in [0.717, 1.165) is 11.3 Å². The Kier molecular flexibility index (Phi) is 5.78. The zero-order chi connectivity index (χ0) is 20.3. The summed E-state index contributed by atoms with van der Waals surface area (Å²) in [6, 6.07) is 7.86. The van der Waals surface area contributed by atoms with Crippen LogP contribution in [0.2, 0.25) is 0 Å². The first kappa shape index (κ1) is 19.6. The fraction of sp³-hybridized carbons (Fsp3) is 0.278. The molecule has 3 aromatic rings. The van der Waals surface area contributed by atoms with Crippen LogP contribution in [0.4, 0.5) is 11.4 Å². The lowest BCUT2D eigenvalue weighted by Gasteiger charge is -2.12. The van der Waals surface area contributed by atoms with E-state index in [4.69, 9.17) is 4.42 Å². The summed E-state index contributed by atoms with van der Waals surface area (Å²) in [5.74, 6) is 1.05. The highest BCUT2D eigenvalue weighted by Gasteiger charge is 2.23. The Hall–Kier alpha value is -3.14. The summed E-state index contributed by atoms with van der Waals surface area (Å²) in [4.78, 5) is 23.1. The second-order valence-corrected chi connectivity index (χ2v) is 7.27. The number of nitro benzene ring substituents is 1. The molecule has 0 saturated carbocycles. The van der Waals surface area contributed by atoms with Gasteiger partial charge in [0.2, 0.25) is 5.91 Å². The summed E-state index contributed by atoms with van der Waals surface area (Å²) in [6.07, 6.45) is 1.59. The Morgan fingerprint density at radius 2 is 2.11 bits per heavy atom. The van der Waals surface area contributed by atoms with E-state index in [1.807, 2.05) is 24.5 Å². The number of thioether (sulfide) groups is 1. The number of hydrogen-bond acceptors (Lipinski definition) is 7. The number of carbonyl (C=O) groups excluding carboxylic acids is 1. The van der Waals surface area contributed by atoms with Gasteiger partial charge in [0.25, 0.3) is 5.69 Å². The van der Waals surface area contributed by atoms with Crippen molar-refractivity contribution in [3.8, 4) is 11.4 Å². The maximum atomic E-state index is 12.6. The van der Waals surface area contributed by atoms with Gasteiger partial charge < -0.3 is 14.3 Å². The summed E-state index contributed by atoms with van der Waals surface area (Å²) in [7, 11) is 0. The van der Waals surface area contributed by atoms with Crippen molar-refractivity contribution in [3.05, 3.63) is 52.5 Å². The molecule has 0 aliphatic carbocycles. The topological polar surface area (TPSA) is 116 Å². The van der Waals surface area contributed by atoms with Crippen molar-refractivity contribution < 1.29 is 14.1 Å². The predicted molar refractivity (Wildman–Crippen MR) is 105 cm³/mol. The lowest BCUT2D eigenvalue weighted by Crippen LogP contribution is -2.23. The van der Waals surface area contributed by atoms with Crippen LogP contribution in [0.25, 0.3) is 11.4 Å². The second-order valence-electron chi connectivity index (χ2n) is 5.96. The number of aromatic nitrogens is 3. The SMILES string of the molecule is CCn1c(S[C@H](C)C(=O)Nc2ccccc2[N+](=O)[O-])nnc1-c1ccoc1C. The van der Waals surface area contributed by atoms with Crippen molar-refractivity contribution in [1.82, 2.24) is 14.8 Å². The molecule has 0 radical (unpaired) electrons. The molecule has 10 heteroatoms. The van der Waals surface area contributed by atoms with Crippen LogP contribution in [0.3, 0.4) is 0 Å². The van der Waals surface area contributed by atoms with E-state index < -0.39 is 10.2 Å². The highest BCUT2D eigenvalue weighted by molar-refractivity contribution is 8.00. The molecule has 2 aromatic heterocycles. The zero-order valence-electron chi connectivity index (χ0n) is 15.6. The van der Waals surface area contributed by atoms with E-state index in [1.54, 1.807) is 25.3 Å². The fourth-order valence-corrected chi connectivity index (χ4v) is 3.57. The summed E-state index contributed by atoms with van der Waals surface area (Å²) in [6.45, 7) is 6.14. The largest absolute Gasteiger partial charge is 0.469 e. The van der Waals surface area contributed by atoms with Gasteiger partial charge in [-0.15, -0.1) is 10.2 Å². The first-order valence-corrected chi connectivity index (χ1v) is 9.49.